The Bertz CT molecular complexity index is 643. The van der Waals surface area contributed by atoms with Crippen molar-refractivity contribution in [2.45, 2.75) is 13.8 Å². The minimum atomic E-state index is -0.630. The van der Waals surface area contributed by atoms with Crippen LogP contribution in [0, 0.1) is 6.92 Å². The van der Waals surface area contributed by atoms with Crippen LogP contribution < -0.4 is 16.2 Å². The summed E-state index contributed by atoms with van der Waals surface area (Å²) < 4.78 is 4.63. The summed E-state index contributed by atoms with van der Waals surface area (Å²) in [6.45, 7) is 3.67. The number of hydrazine groups is 1. The van der Waals surface area contributed by atoms with Crippen LogP contribution in [0.25, 0.3) is 0 Å². The van der Waals surface area contributed by atoms with Crippen molar-refractivity contribution in [2.75, 3.05) is 6.61 Å². The number of rotatable bonds is 4. The molecule has 122 valence electrons. The van der Waals surface area contributed by atoms with Crippen LogP contribution in [0.15, 0.2) is 36.4 Å². The quantitative estimate of drug-likeness (QED) is 0.325. The number of carbonyl (C=O) groups is 3. The number of esters is 1. The topological polar surface area (TPSA) is 96.5 Å². The molecule has 7 nitrogen and oxygen atoms in total. The molecular weight excluding hydrogens is 318 g/mol. The normalized spacial score (nSPS) is 10.0. The lowest BCUT2D eigenvalue weighted by Gasteiger charge is -2.10. The summed E-state index contributed by atoms with van der Waals surface area (Å²) in [5.41, 5.74) is 6.06. The van der Waals surface area contributed by atoms with Gasteiger partial charge >= 0.3 is 5.97 Å². The summed E-state index contributed by atoms with van der Waals surface area (Å²) >= 11 is 4.85. The van der Waals surface area contributed by atoms with E-state index in [2.05, 4.69) is 20.9 Å². The Kier molecular flexibility index (Phi) is 7.41. The highest BCUT2D eigenvalue weighted by molar-refractivity contribution is 7.80. The molecule has 1 aromatic carbocycles. The van der Waals surface area contributed by atoms with Crippen LogP contribution in [0.5, 0.6) is 0 Å². The summed E-state index contributed by atoms with van der Waals surface area (Å²) in [6.07, 6.45) is 1.96. The molecule has 23 heavy (non-hydrogen) atoms. The van der Waals surface area contributed by atoms with Gasteiger partial charge in [-0.05, 0) is 37.7 Å². The highest BCUT2D eigenvalue weighted by Gasteiger charge is 2.08. The Morgan fingerprint density at radius 2 is 1.87 bits per heavy atom. The van der Waals surface area contributed by atoms with Crippen molar-refractivity contribution in [1.82, 2.24) is 16.2 Å². The predicted molar refractivity (Wildman–Crippen MR) is 88.3 cm³/mol. The molecule has 0 saturated heterocycles. The number of ether oxygens (including phenoxy) is 1. The molecule has 1 rings (SSSR count). The molecule has 2 amide bonds. The molecule has 0 radical (unpaired) electrons. The Labute approximate surface area is 139 Å². The van der Waals surface area contributed by atoms with Gasteiger partial charge in [-0.15, -0.1) is 0 Å². The molecule has 0 saturated carbocycles. The summed E-state index contributed by atoms with van der Waals surface area (Å²) in [5, 5.41) is 2.16. The van der Waals surface area contributed by atoms with E-state index < -0.39 is 11.9 Å². The van der Waals surface area contributed by atoms with Gasteiger partial charge in [-0.2, -0.15) is 0 Å². The van der Waals surface area contributed by atoms with Gasteiger partial charge in [0.1, 0.15) is 0 Å². The van der Waals surface area contributed by atoms with Gasteiger partial charge in [0.15, 0.2) is 5.11 Å². The number of benzene rings is 1. The first-order chi connectivity index (χ1) is 10.9. The minimum Gasteiger partial charge on any atom is -0.463 e. The molecule has 0 fully saturated rings. The van der Waals surface area contributed by atoms with Crippen molar-refractivity contribution >= 4 is 35.1 Å². The molecule has 0 spiro atoms. The summed E-state index contributed by atoms with van der Waals surface area (Å²) in [6, 6.07) is 7.02. The molecule has 0 bridgehead atoms. The van der Waals surface area contributed by atoms with E-state index in [1.165, 1.54) is 0 Å². The van der Waals surface area contributed by atoms with Crippen molar-refractivity contribution < 1.29 is 19.1 Å². The number of carbonyl (C=O) groups excluding carboxylic acids is 3. The van der Waals surface area contributed by atoms with Crippen molar-refractivity contribution in [3.05, 3.63) is 47.5 Å². The number of hydrogen-bond acceptors (Lipinski definition) is 5. The average molecular weight is 335 g/mol. The van der Waals surface area contributed by atoms with Crippen LogP contribution >= 0.6 is 12.2 Å². The molecule has 3 N–H and O–H groups in total. The molecular formula is C15H17N3O4S. The van der Waals surface area contributed by atoms with Crippen molar-refractivity contribution in [3.63, 3.8) is 0 Å². The Balaban J connectivity index is 2.42. The molecule has 0 heterocycles. The fraction of sp³-hybridized carbons (Fsp3) is 0.200. The second-order valence-electron chi connectivity index (χ2n) is 4.30. The predicted octanol–water partition coefficient (Wildman–Crippen LogP) is 0.750. The fourth-order valence-corrected chi connectivity index (χ4v) is 1.68. The summed E-state index contributed by atoms with van der Waals surface area (Å²) in [7, 11) is 0. The van der Waals surface area contributed by atoms with E-state index in [1.807, 2.05) is 6.07 Å². The zero-order valence-electron chi connectivity index (χ0n) is 12.7. The second-order valence-corrected chi connectivity index (χ2v) is 4.71. The van der Waals surface area contributed by atoms with Crippen LogP contribution in [0.2, 0.25) is 0 Å². The standard InChI is InChI=1S/C15H17N3O4S/c1-3-22-13(20)9-8-12(19)16-15(23)18-17-14(21)11-7-5-4-6-10(11)2/h4-9H,3H2,1-2H3,(H,17,21)(H2,16,18,19,23)/b9-8+. The van der Waals surface area contributed by atoms with Crippen molar-refractivity contribution in [3.8, 4) is 0 Å². The van der Waals surface area contributed by atoms with Gasteiger partial charge in [-0.25, -0.2) is 4.79 Å². The lowest BCUT2D eigenvalue weighted by molar-refractivity contribution is -0.137. The van der Waals surface area contributed by atoms with Gasteiger partial charge in [0.05, 0.1) is 6.61 Å². The maximum absolute atomic E-state index is 11.9. The van der Waals surface area contributed by atoms with Gasteiger partial charge in [0.25, 0.3) is 5.91 Å². The van der Waals surface area contributed by atoms with Gasteiger partial charge < -0.3 is 4.74 Å². The average Bonchev–Trinajstić information content (AvgIpc) is 2.51. The van der Waals surface area contributed by atoms with E-state index in [4.69, 9.17) is 12.2 Å². The van der Waals surface area contributed by atoms with E-state index in [9.17, 15) is 14.4 Å². The van der Waals surface area contributed by atoms with Crippen LogP contribution in [0.3, 0.4) is 0 Å². The van der Waals surface area contributed by atoms with E-state index in [-0.39, 0.29) is 17.6 Å². The van der Waals surface area contributed by atoms with E-state index in [0.29, 0.717) is 5.56 Å². The first kappa shape index (κ1) is 18.3. The molecule has 1 aromatic rings. The monoisotopic (exact) mass is 335 g/mol. The molecule has 0 aromatic heterocycles. The lowest BCUT2D eigenvalue weighted by Crippen LogP contribution is -2.48. The van der Waals surface area contributed by atoms with E-state index in [0.717, 1.165) is 17.7 Å². The van der Waals surface area contributed by atoms with Crippen LogP contribution in [0.1, 0.15) is 22.8 Å². The molecule has 0 aliphatic heterocycles. The summed E-state index contributed by atoms with van der Waals surface area (Å²) in [5.74, 6) is -1.64. The van der Waals surface area contributed by atoms with Crippen LogP contribution in [0.4, 0.5) is 0 Å². The molecule has 0 aliphatic rings. The first-order valence-corrected chi connectivity index (χ1v) is 7.16. The third-order valence-corrected chi connectivity index (χ3v) is 2.78. The molecule has 0 aliphatic carbocycles. The Morgan fingerprint density at radius 1 is 1.17 bits per heavy atom. The van der Waals surface area contributed by atoms with Gasteiger partial charge in [-0.3, -0.25) is 25.8 Å². The number of nitrogens with one attached hydrogen (secondary N) is 3. The third-order valence-electron chi connectivity index (χ3n) is 2.57. The zero-order chi connectivity index (χ0) is 17.2. The van der Waals surface area contributed by atoms with Crippen LogP contribution in [-0.2, 0) is 14.3 Å². The zero-order valence-corrected chi connectivity index (χ0v) is 13.5. The second kappa shape index (κ2) is 9.31. The largest absolute Gasteiger partial charge is 0.463 e. The maximum atomic E-state index is 11.9. The number of aryl methyl sites for hydroxylation is 1. The van der Waals surface area contributed by atoms with Crippen molar-refractivity contribution in [1.29, 1.82) is 0 Å². The molecule has 0 unspecified atom stereocenters. The highest BCUT2D eigenvalue weighted by atomic mass is 32.1. The highest BCUT2D eigenvalue weighted by Crippen LogP contribution is 2.05. The van der Waals surface area contributed by atoms with Gasteiger partial charge in [0, 0.05) is 17.7 Å². The number of amides is 2. The number of hydrogen-bond donors (Lipinski definition) is 3. The number of thiocarbonyl (C=S) groups is 1. The maximum Gasteiger partial charge on any atom is 0.330 e. The Hall–Kier alpha value is -2.74. The smallest absolute Gasteiger partial charge is 0.330 e. The Morgan fingerprint density at radius 3 is 2.52 bits per heavy atom. The SMILES string of the molecule is CCOC(=O)/C=C/C(=O)NC(=S)NNC(=O)c1ccccc1C. The van der Waals surface area contributed by atoms with E-state index in [1.54, 1.807) is 32.0 Å². The van der Waals surface area contributed by atoms with Crippen molar-refractivity contribution in [2.24, 2.45) is 0 Å². The molecule has 8 heteroatoms. The minimum absolute atomic E-state index is 0.106. The molecule has 0 atom stereocenters. The van der Waals surface area contributed by atoms with Crippen LogP contribution in [-0.4, -0.2) is 29.5 Å². The first-order valence-electron chi connectivity index (χ1n) is 6.75. The van der Waals surface area contributed by atoms with E-state index >= 15 is 0 Å². The third kappa shape index (κ3) is 6.70. The fourth-order valence-electron chi connectivity index (χ4n) is 1.53. The lowest BCUT2D eigenvalue weighted by atomic mass is 10.1. The van der Waals surface area contributed by atoms with Gasteiger partial charge in [-0.1, -0.05) is 18.2 Å². The van der Waals surface area contributed by atoms with Gasteiger partial charge in [0.2, 0.25) is 5.91 Å². The summed E-state index contributed by atoms with van der Waals surface area (Å²) in [4.78, 5) is 34.4.